The van der Waals surface area contributed by atoms with Crippen LogP contribution in [0.25, 0.3) is 22.8 Å². The molecule has 3 rings (SSSR count). The van der Waals surface area contributed by atoms with Gasteiger partial charge in [0.15, 0.2) is 0 Å². The van der Waals surface area contributed by atoms with Crippen LogP contribution in [-0.4, -0.2) is 10.1 Å². The fraction of sp³-hybridized carbons (Fsp3) is 0.125. The summed E-state index contributed by atoms with van der Waals surface area (Å²) in [4.78, 5) is 4.46. The highest BCUT2D eigenvalue weighted by Gasteiger charge is 2.11. The van der Waals surface area contributed by atoms with Gasteiger partial charge in [0.1, 0.15) is 0 Å². The molecule has 0 aliphatic heterocycles. The molecule has 2 aromatic carbocycles. The molecule has 1 heterocycles. The van der Waals surface area contributed by atoms with E-state index >= 15 is 0 Å². The van der Waals surface area contributed by atoms with Crippen molar-refractivity contribution in [1.82, 2.24) is 10.1 Å². The van der Waals surface area contributed by atoms with Crippen LogP contribution in [0.3, 0.4) is 0 Å². The second-order valence-electron chi connectivity index (χ2n) is 4.73. The molecule has 4 heteroatoms. The summed E-state index contributed by atoms with van der Waals surface area (Å²) in [7, 11) is 0. The van der Waals surface area contributed by atoms with Crippen molar-refractivity contribution in [2.45, 2.75) is 13.8 Å². The van der Waals surface area contributed by atoms with E-state index in [4.69, 9.17) is 4.52 Å². The van der Waals surface area contributed by atoms with Gasteiger partial charge < -0.3 is 4.52 Å². The topological polar surface area (TPSA) is 38.9 Å². The maximum absolute atomic E-state index is 5.36. The van der Waals surface area contributed by atoms with Gasteiger partial charge in [0.2, 0.25) is 5.82 Å². The van der Waals surface area contributed by atoms with Crippen molar-refractivity contribution >= 4 is 15.9 Å². The number of benzene rings is 2. The molecule has 1 aromatic heterocycles. The fourth-order valence-electron chi connectivity index (χ4n) is 1.96. The van der Waals surface area contributed by atoms with Gasteiger partial charge in [0.05, 0.1) is 0 Å². The first kappa shape index (κ1) is 13.1. The van der Waals surface area contributed by atoms with Crippen LogP contribution >= 0.6 is 15.9 Å². The van der Waals surface area contributed by atoms with E-state index in [0.29, 0.717) is 11.7 Å². The molecule has 0 spiro atoms. The highest BCUT2D eigenvalue weighted by Crippen LogP contribution is 2.25. The molecule has 0 amide bonds. The molecule has 3 nitrogen and oxygen atoms in total. The third-order valence-corrected chi connectivity index (χ3v) is 3.76. The summed E-state index contributed by atoms with van der Waals surface area (Å²) >= 11 is 3.44. The van der Waals surface area contributed by atoms with Gasteiger partial charge in [-0.25, -0.2) is 0 Å². The number of halogens is 1. The van der Waals surface area contributed by atoms with Gasteiger partial charge in [0.25, 0.3) is 5.89 Å². The maximum atomic E-state index is 5.36. The number of aromatic nitrogens is 2. The summed E-state index contributed by atoms with van der Waals surface area (Å²) in [5.74, 6) is 1.14. The van der Waals surface area contributed by atoms with Crippen LogP contribution < -0.4 is 0 Å². The Hall–Kier alpha value is -1.94. The average Bonchev–Trinajstić information content (AvgIpc) is 2.92. The Bertz CT molecular complexity index is 765. The van der Waals surface area contributed by atoms with Crippen molar-refractivity contribution in [2.75, 3.05) is 0 Å². The Morgan fingerprint density at radius 3 is 2.55 bits per heavy atom. The van der Waals surface area contributed by atoms with E-state index in [1.54, 1.807) is 0 Å². The zero-order valence-electron chi connectivity index (χ0n) is 11.2. The minimum atomic E-state index is 0.545. The van der Waals surface area contributed by atoms with Crippen molar-refractivity contribution in [2.24, 2.45) is 0 Å². The third kappa shape index (κ3) is 2.51. The Morgan fingerprint density at radius 1 is 0.950 bits per heavy atom. The highest BCUT2D eigenvalue weighted by atomic mass is 79.9. The SMILES string of the molecule is Cc1ccc(-c2nc(-c3cccc(Br)c3)no2)cc1C. The lowest BCUT2D eigenvalue weighted by Gasteiger charge is -2.00. The molecule has 0 radical (unpaired) electrons. The summed E-state index contributed by atoms with van der Waals surface area (Å²) in [6.45, 7) is 4.16. The molecule has 0 unspecified atom stereocenters. The average molecular weight is 329 g/mol. The molecule has 0 saturated heterocycles. The Labute approximate surface area is 125 Å². The van der Waals surface area contributed by atoms with Crippen LogP contribution in [0, 0.1) is 13.8 Å². The number of aryl methyl sites for hydroxylation is 2. The van der Waals surface area contributed by atoms with Crippen LogP contribution in [0.5, 0.6) is 0 Å². The first-order valence-corrected chi connectivity index (χ1v) is 7.10. The van der Waals surface area contributed by atoms with E-state index in [1.165, 1.54) is 11.1 Å². The predicted molar refractivity (Wildman–Crippen MR) is 82.3 cm³/mol. The lowest BCUT2D eigenvalue weighted by molar-refractivity contribution is 0.432. The molecular formula is C16H13BrN2O. The predicted octanol–water partition coefficient (Wildman–Crippen LogP) is 4.78. The Morgan fingerprint density at radius 2 is 1.80 bits per heavy atom. The normalized spacial score (nSPS) is 10.8. The molecule has 100 valence electrons. The minimum Gasteiger partial charge on any atom is -0.334 e. The maximum Gasteiger partial charge on any atom is 0.258 e. The first-order valence-electron chi connectivity index (χ1n) is 6.31. The zero-order chi connectivity index (χ0) is 14.1. The van der Waals surface area contributed by atoms with Crippen LogP contribution in [0.4, 0.5) is 0 Å². The van der Waals surface area contributed by atoms with E-state index in [-0.39, 0.29) is 0 Å². The Balaban J connectivity index is 1.99. The first-order chi connectivity index (χ1) is 9.63. The van der Waals surface area contributed by atoms with Crippen LogP contribution in [0.1, 0.15) is 11.1 Å². The van der Waals surface area contributed by atoms with Gasteiger partial charge in [0, 0.05) is 15.6 Å². The standard InChI is InChI=1S/C16H13BrN2O/c1-10-6-7-13(8-11(10)2)16-18-15(19-20-16)12-4-3-5-14(17)9-12/h3-9H,1-2H3. The lowest BCUT2D eigenvalue weighted by Crippen LogP contribution is -1.84. The monoisotopic (exact) mass is 328 g/mol. The van der Waals surface area contributed by atoms with Crippen molar-refractivity contribution in [3.05, 3.63) is 58.1 Å². The van der Waals surface area contributed by atoms with Gasteiger partial charge in [-0.2, -0.15) is 4.98 Å². The molecule has 0 N–H and O–H groups in total. The number of hydrogen-bond acceptors (Lipinski definition) is 3. The van der Waals surface area contributed by atoms with Crippen LogP contribution in [-0.2, 0) is 0 Å². The van der Waals surface area contributed by atoms with Gasteiger partial charge in [-0.05, 0) is 49.2 Å². The smallest absolute Gasteiger partial charge is 0.258 e. The molecule has 0 saturated carbocycles. The summed E-state index contributed by atoms with van der Waals surface area (Å²) < 4.78 is 6.36. The van der Waals surface area contributed by atoms with Crippen LogP contribution in [0.2, 0.25) is 0 Å². The van der Waals surface area contributed by atoms with Crippen molar-refractivity contribution in [3.8, 4) is 22.8 Å². The molecule has 0 fully saturated rings. The number of hydrogen-bond donors (Lipinski definition) is 0. The van der Waals surface area contributed by atoms with E-state index in [9.17, 15) is 0 Å². The van der Waals surface area contributed by atoms with E-state index < -0.39 is 0 Å². The molecule has 0 atom stereocenters. The highest BCUT2D eigenvalue weighted by molar-refractivity contribution is 9.10. The summed E-state index contributed by atoms with van der Waals surface area (Å²) in [6, 6.07) is 14.0. The minimum absolute atomic E-state index is 0.545. The molecule has 20 heavy (non-hydrogen) atoms. The van der Waals surface area contributed by atoms with Gasteiger partial charge in [-0.1, -0.05) is 39.3 Å². The van der Waals surface area contributed by atoms with Crippen molar-refractivity contribution in [1.29, 1.82) is 0 Å². The van der Waals surface area contributed by atoms with E-state index in [0.717, 1.165) is 15.6 Å². The largest absolute Gasteiger partial charge is 0.334 e. The number of nitrogens with zero attached hydrogens (tertiary/aromatic N) is 2. The lowest BCUT2D eigenvalue weighted by atomic mass is 10.1. The molecule has 0 aliphatic carbocycles. The van der Waals surface area contributed by atoms with Crippen molar-refractivity contribution < 1.29 is 4.52 Å². The van der Waals surface area contributed by atoms with Gasteiger partial charge >= 0.3 is 0 Å². The molecular weight excluding hydrogens is 316 g/mol. The second kappa shape index (κ2) is 5.21. The van der Waals surface area contributed by atoms with Gasteiger partial charge in [-0.3, -0.25) is 0 Å². The van der Waals surface area contributed by atoms with Gasteiger partial charge in [-0.15, -0.1) is 0 Å². The molecule has 0 aliphatic rings. The quantitative estimate of drug-likeness (QED) is 0.679. The number of rotatable bonds is 2. The summed E-state index contributed by atoms with van der Waals surface area (Å²) in [6.07, 6.45) is 0. The Kier molecular flexibility index (Phi) is 3.40. The summed E-state index contributed by atoms with van der Waals surface area (Å²) in [5.41, 5.74) is 4.34. The second-order valence-corrected chi connectivity index (χ2v) is 5.65. The van der Waals surface area contributed by atoms with E-state index in [1.807, 2.05) is 30.3 Å². The summed E-state index contributed by atoms with van der Waals surface area (Å²) in [5, 5.41) is 4.05. The van der Waals surface area contributed by atoms with Crippen LogP contribution in [0.15, 0.2) is 51.5 Å². The zero-order valence-corrected chi connectivity index (χ0v) is 12.8. The third-order valence-electron chi connectivity index (χ3n) is 3.26. The fourth-order valence-corrected chi connectivity index (χ4v) is 2.36. The van der Waals surface area contributed by atoms with Crippen molar-refractivity contribution in [3.63, 3.8) is 0 Å². The molecule has 3 aromatic rings. The van der Waals surface area contributed by atoms with E-state index in [2.05, 4.69) is 52.1 Å². The molecule has 0 bridgehead atoms.